The first kappa shape index (κ1) is 16.1. The lowest BCUT2D eigenvalue weighted by Gasteiger charge is -2.23. The summed E-state index contributed by atoms with van der Waals surface area (Å²) in [4.78, 5) is 0.707. The van der Waals surface area contributed by atoms with Crippen LogP contribution in [-0.2, 0) is 5.60 Å². The number of furan rings is 1. The zero-order valence-corrected chi connectivity index (χ0v) is 15.4. The summed E-state index contributed by atoms with van der Waals surface area (Å²) >= 11 is 7.37. The summed E-state index contributed by atoms with van der Waals surface area (Å²) in [6.45, 7) is 5.82. The van der Waals surface area contributed by atoms with Gasteiger partial charge in [-0.1, -0.05) is 22.9 Å². The molecule has 3 heterocycles. The number of rotatable bonds is 4. The van der Waals surface area contributed by atoms with Crippen molar-refractivity contribution in [3.63, 3.8) is 0 Å². The van der Waals surface area contributed by atoms with Gasteiger partial charge in [0.05, 0.1) is 11.8 Å². The number of benzene rings is 1. The minimum absolute atomic E-state index is 0.623. The van der Waals surface area contributed by atoms with Gasteiger partial charge in [0.25, 0.3) is 0 Å². The van der Waals surface area contributed by atoms with Crippen molar-refractivity contribution in [1.29, 1.82) is 0 Å². The Balaban J connectivity index is 1.70. The van der Waals surface area contributed by atoms with Crippen molar-refractivity contribution in [2.45, 2.75) is 26.4 Å². The highest BCUT2D eigenvalue weighted by molar-refractivity contribution is 7.16. The van der Waals surface area contributed by atoms with Gasteiger partial charge in [-0.2, -0.15) is 9.61 Å². The van der Waals surface area contributed by atoms with Crippen LogP contribution in [0.1, 0.15) is 24.6 Å². The molecule has 0 radical (unpaired) electrons. The summed E-state index contributed by atoms with van der Waals surface area (Å²) < 4.78 is 13.2. The molecule has 0 saturated heterocycles. The average Bonchev–Trinajstić information content (AvgIpc) is 3.25. The van der Waals surface area contributed by atoms with Crippen molar-refractivity contribution in [2.75, 3.05) is 0 Å². The number of fused-ring (bicyclic) bond motifs is 1. The predicted molar refractivity (Wildman–Crippen MR) is 96.2 cm³/mol. The standard InChI is InChI=1S/C17H15ClN4O2S/c1-10-13(8-9-23-10)14-19-20-16-22(14)21-15(25-16)17(2,3)24-12-6-4-11(18)5-7-12/h4-9H,1-3H3. The molecule has 0 aliphatic heterocycles. The van der Waals surface area contributed by atoms with E-state index in [1.165, 1.54) is 11.3 Å². The van der Waals surface area contributed by atoms with Crippen molar-refractivity contribution < 1.29 is 9.15 Å². The molecule has 128 valence electrons. The molecule has 4 rings (SSSR count). The van der Waals surface area contributed by atoms with Gasteiger partial charge in [-0.3, -0.25) is 0 Å². The SMILES string of the molecule is Cc1occc1-c1nnc2sc(C(C)(C)Oc3ccc(Cl)cc3)nn12. The highest BCUT2D eigenvalue weighted by Crippen LogP contribution is 2.33. The van der Waals surface area contributed by atoms with E-state index in [1.807, 2.05) is 39.0 Å². The average molecular weight is 375 g/mol. The fraction of sp³-hybridized carbons (Fsp3) is 0.235. The summed E-state index contributed by atoms with van der Waals surface area (Å²) in [7, 11) is 0. The summed E-state index contributed by atoms with van der Waals surface area (Å²) in [5, 5.41) is 14.6. The van der Waals surface area contributed by atoms with E-state index in [0.29, 0.717) is 15.8 Å². The van der Waals surface area contributed by atoms with E-state index in [1.54, 1.807) is 22.9 Å². The lowest BCUT2D eigenvalue weighted by Crippen LogP contribution is -2.25. The molecule has 0 aliphatic carbocycles. The van der Waals surface area contributed by atoms with E-state index in [4.69, 9.17) is 20.8 Å². The van der Waals surface area contributed by atoms with Crippen LogP contribution < -0.4 is 4.74 Å². The van der Waals surface area contributed by atoms with Gasteiger partial charge in [-0.25, -0.2) is 0 Å². The largest absolute Gasteiger partial charge is 0.481 e. The monoisotopic (exact) mass is 374 g/mol. The Morgan fingerprint density at radius 3 is 2.60 bits per heavy atom. The Hall–Kier alpha value is -2.38. The molecule has 0 atom stereocenters. The molecule has 4 aromatic rings. The second-order valence-corrected chi connectivity index (χ2v) is 7.47. The Bertz CT molecular complexity index is 1030. The minimum atomic E-state index is -0.623. The van der Waals surface area contributed by atoms with Gasteiger partial charge in [0.2, 0.25) is 4.96 Å². The Labute approximate surface area is 153 Å². The first-order valence-electron chi connectivity index (χ1n) is 7.66. The first-order valence-corrected chi connectivity index (χ1v) is 8.85. The molecule has 6 nitrogen and oxygen atoms in total. The van der Waals surface area contributed by atoms with Gasteiger partial charge in [0.1, 0.15) is 11.5 Å². The number of ether oxygens (including phenoxy) is 1. The zero-order valence-electron chi connectivity index (χ0n) is 13.9. The normalized spacial score (nSPS) is 12.0. The van der Waals surface area contributed by atoms with E-state index in [2.05, 4.69) is 15.3 Å². The molecule has 0 bridgehead atoms. The third-order valence-corrected chi connectivity index (χ3v) is 5.25. The first-order chi connectivity index (χ1) is 11.9. The number of aryl methyl sites for hydroxylation is 1. The summed E-state index contributed by atoms with van der Waals surface area (Å²) in [6.07, 6.45) is 1.63. The van der Waals surface area contributed by atoms with E-state index >= 15 is 0 Å². The molecule has 0 fully saturated rings. The van der Waals surface area contributed by atoms with Gasteiger partial charge in [0, 0.05) is 5.02 Å². The van der Waals surface area contributed by atoms with Crippen molar-refractivity contribution in [3.8, 4) is 17.1 Å². The van der Waals surface area contributed by atoms with Crippen molar-refractivity contribution >= 4 is 27.9 Å². The van der Waals surface area contributed by atoms with Gasteiger partial charge >= 0.3 is 0 Å². The molecule has 0 unspecified atom stereocenters. The van der Waals surface area contributed by atoms with E-state index in [9.17, 15) is 0 Å². The molecule has 0 saturated carbocycles. The van der Waals surface area contributed by atoms with Gasteiger partial charge in [-0.15, -0.1) is 10.2 Å². The maximum absolute atomic E-state index is 6.11. The van der Waals surface area contributed by atoms with E-state index < -0.39 is 5.60 Å². The zero-order chi connectivity index (χ0) is 17.6. The van der Waals surface area contributed by atoms with E-state index in [-0.39, 0.29) is 0 Å². The lowest BCUT2D eigenvalue weighted by atomic mass is 10.1. The molecule has 0 spiro atoms. The van der Waals surface area contributed by atoms with Crippen molar-refractivity contribution in [2.24, 2.45) is 0 Å². The minimum Gasteiger partial charge on any atom is -0.481 e. The van der Waals surface area contributed by atoms with Crippen LogP contribution in [0.2, 0.25) is 5.02 Å². The smallest absolute Gasteiger partial charge is 0.235 e. The number of nitrogens with zero attached hydrogens (tertiary/aromatic N) is 4. The van der Waals surface area contributed by atoms with Crippen molar-refractivity contribution in [1.82, 2.24) is 19.8 Å². The summed E-state index contributed by atoms with van der Waals surface area (Å²) in [5.41, 5.74) is 0.253. The molecule has 25 heavy (non-hydrogen) atoms. The van der Waals surface area contributed by atoms with Gasteiger partial charge in [-0.05, 0) is 51.1 Å². The Kier molecular flexibility index (Phi) is 3.77. The van der Waals surface area contributed by atoms with Crippen LogP contribution in [0.15, 0.2) is 41.0 Å². The molecule has 8 heteroatoms. The Morgan fingerprint density at radius 2 is 1.92 bits per heavy atom. The van der Waals surface area contributed by atoms with Gasteiger partial charge < -0.3 is 9.15 Å². The maximum Gasteiger partial charge on any atom is 0.235 e. The molecular formula is C17H15ClN4O2S. The second-order valence-electron chi connectivity index (χ2n) is 6.08. The predicted octanol–water partition coefficient (Wildman–Crippen LogP) is 4.72. The van der Waals surface area contributed by atoms with Crippen LogP contribution in [0.25, 0.3) is 16.3 Å². The highest BCUT2D eigenvalue weighted by Gasteiger charge is 2.29. The highest BCUT2D eigenvalue weighted by atomic mass is 35.5. The second kappa shape index (κ2) is 5.86. The lowest BCUT2D eigenvalue weighted by molar-refractivity contribution is 0.107. The molecular weight excluding hydrogens is 360 g/mol. The molecule has 0 aliphatic rings. The van der Waals surface area contributed by atoms with Crippen molar-refractivity contribution in [3.05, 3.63) is 52.4 Å². The number of aromatic nitrogens is 4. The van der Waals surface area contributed by atoms with Crippen LogP contribution in [0, 0.1) is 6.92 Å². The fourth-order valence-corrected chi connectivity index (χ4v) is 3.49. The summed E-state index contributed by atoms with van der Waals surface area (Å²) in [6, 6.07) is 9.13. The number of hydrogen-bond acceptors (Lipinski definition) is 6. The van der Waals surface area contributed by atoms with Crippen LogP contribution in [-0.4, -0.2) is 19.8 Å². The number of halogens is 1. The topological polar surface area (TPSA) is 65.5 Å². The number of hydrogen-bond donors (Lipinski definition) is 0. The quantitative estimate of drug-likeness (QED) is 0.517. The summed E-state index contributed by atoms with van der Waals surface area (Å²) in [5.74, 6) is 2.16. The molecule has 0 amide bonds. The van der Waals surface area contributed by atoms with Crippen LogP contribution in [0.3, 0.4) is 0 Å². The van der Waals surface area contributed by atoms with Crippen LogP contribution in [0.5, 0.6) is 5.75 Å². The fourth-order valence-electron chi connectivity index (χ4n) is 2.49. The molecule has 1 aromatic carbocycles. The maximum atomic E-state index is 6.11. The van der Waals surface area contributed by atoms with Crippen LogP contribution in [0.4, 0.5) is 0 Å². The van der Waals surface area contributed by atoms with Crippen LogP contribution >= 0.6 is 22.9 Å². The molecule has 3 aromatic heterocycles. The third kappa shape index (κ3) is 2.89. The third-order valence-electron chi connectivity index (χ3n) is 3.79. The Morgan fingerprint density at radius 1 is 1.16 bits per heavy atom. The van der Waals surface area contributed by atoms with E-state index in [0.717, 1.165) is 22.1 Å². The molecule has 0 N–H and O–H groups in total. The van der Waals surface area contributed by atoms with Gasteiger partial charge in [0.15, 0.2) is 16.4 Å².